The lowest BCUT2D eigenvalue weighted by molar-refractivity contribution is 0.0527. The van der Waals surface area contributed by atoms with Crippen LogP contribution in [0, 0.1) is 0 Å². The Morgan fingerprint density at radius 3 is 2.50 bits per heavy atom. The number of nitrogens with one attached hydrogen (secondary N) is 1. The Labute approximate surface area is 97.9 Å². The summed E-state index contributed by atoms with van der Waals surface area (Å²) in [5.41, 5.74) is 10.6. The summed E-state index contributed by atoms with van der Waals surface area (Å²) >= 11 is 0. The van der Waals surface area contributed by atoms with Crippen molar-refractivity contribution in [3.63, 3.8) is 0 Å². The van der Waals surface area contributed by atoms with E-state index in [0.717, 1.165) is 19.3 Å². The van der Waals surface area contributed by atoms with E-state index in [1.165, 1.54) is 0 Å². The molecule has 5 nitrogen and oxygen atoms in total. The second-order valence-corrected chi connectivity index (χ2v) is 4.92. The molecule has 0 aromatic carbocycles. The fourth-order valence-electron chi connectivity index (χ4n) is 1.15. The largest absolute Gasteiger partial charge is 0.444 e. The van der Waals surface area contributed by atoms with Gasteiger partial charge in [-0.15, -0.1) is 0 Å². The normalized spacial score (nSPS) is 13.3. The molecule has 0 aromatic heterocycles. The van der Waals surface area contributed by atoms with Crippen molar-refractivity contribution >= 4 is 6.09 Å². The summed E-state index contributed by atoms with van der Waals surface area (Å²) in [5, 5.41) is 2.70. The maximum absolute atomic E-state index is 11.2. The molecule has 0 aliphatic carbocycles. The van der Waals surface area contributed by atoms with Crippen LogP contribution in [0.1, 0.15) is 40.0 Å². The molecule has 0 aliphatic rings. The van der Waals surface area contributed by atoms with E-state index in [4.69, 9.17) is 16.2 Å². The molecule has 5 heteroatoms. The topological polar surface area (TPSA) is 90.4 Å². The monoisotopic (exact) mass is 231 g/mol. The van der Waals surface area contributed by atoms with Gasteiger partial charge in [-0.2, -0.15) is 0 Å². The summed E-state index contributed by atoms with van der Waals surface area (Å²) in [4.78, 5) is 11.2. The van der Waals surface area contributed by atoms with Gasteiger partial charge in [-0.25, -0.2) is 4.79 Å². The Morgan fingerprint density at radius 2 is 2.00 bits per heavy atom. The highest BCUT2D eigenvalue weighted by molar-refractivity contribution is 5.67. The van der Waals surface area contributed by atoms with Crippen LogP contribution in [-0.4, -0.2) is 30.8 Å². The lowest BCUT2D eigenvalue weighted by atomic mass is 10.1. The van der Waals surface area contributed by atoms with Gasteiger partial charge in [0.25, 0.3) is 0 Å². The zero-order chi connectivity index (χ0) is 12.6. The molecule has 0 saturated carbocycles. The number of ether oxygens (including phenoxy) is 1. The Hall–Kier alpha value is -0.810. The number of nitrogens with two attached hydrogens (primary N) is 2. The zero-order valence-corrected chi connectivity index (χ0v) is 10.6. The third-order valence-electron chi connectivity index (χ3n) is 1.97. The average molecular weight is 231 g/mol. The SMILES string of the molecule is CC(C)(C)OC(=O)NCCCCC(N)CN. The van der Waals surface area contributed by atoms with Gasteiger partial charge in [0.05, 0.1) is 0 Å². The highest BCUT2D eigenvalue weighted by atomic mass is 16.6. The first-order valence-corrected chi connectivity index (χ1v) is 5.77. The van der Waals surface area contributed by atoms with E-state index in [2.05, 4.69) is 5.32 Å². The fourth-order valence-corrected chi connectivity index (χ4v) is 1.15. The van der Waals surface area contributed by atoms with Crippen LogP contribution in [0.4, 0.5) is 4.79 Å². The molecule has 0 aromatic rings. The number of rotatable bonds is 6. The highest BCUT2D eigenvalue weighted by Crippen LogP contribution is 2.06. The van der Waals surface area contributed by atoms with Crippen LogP contribution in [0.15, 0.2) is 0 Å². The average Bonchev–Trinajstić information content (AvgIpc) is 2.14. The Balaban J connectivity index is 3.42. The van der Waals surface area contributed by atoms with E-state index in [0.29, 0.717) is 13.1 Å². The number of unbranched alkanes of at least 4 members (excludes halogenated alkanes) is 1. The molecule has 96 valence electrons. The van der Waals surface area contributed by atoms with Gasteiger partial charge in [-0.3, -0.25) is 0 Å². The summed E-state index contributed by atoms with van der Waals surface area (Å²) in [6, 6.07) is 0.0709. The van der Waals surface area contributed by atoms with E-state index in [9.17, 15) is 4.79 Å². The van der Waals surface area contributed by atoms with E-state index >= 15 is 0 Å². The van der Waals surface area contributed by atoms with Crippen molar-refractivity contribution in [2.75, 3.05) is 13.1 Å². The lowest BCUT2D eigenvalue weighted by Gasteiger charge is -2.19. The van der Waals surface area contributed by atoms with Gasteiger partial charge in [0.15, 0.2) is 0 Å². The molecule has 0 fully saturated rings. The molecule has 1 atom stereocenters. The van der Waals surface area contributed by atoms with Gasteiger partial charge in [0.2, 0.25) is 0 Å². The van der Waals surface area contributed by atoms with Crippen LogP contribution in [0.2, 0.25) is 0 Å². The summed E-state index contributed by atoms with van der Waals surface area (Å²) in [7, 11) is 0. The Kier molecular flexibility index (Phi) is 7.08. The minimum atomic E-state index is -0.439. The van der Waals surface area contributed by atoms with E-state index < -0.39 is 5.60 Å². The summed E-state index contributed by atoms with van der Waals surface area (Å²) in [5.74, 6) is 0. The first kappa shape index (κ1) is 15.2. The lowest BCUT2D eigenvalue weighted by Crippen LogP contribution is -2.33. The number of alkyl carbamates (subject to hydrolysis) is 1. The van der Waals surface area contributed by atoms with Crippen molar-refractivity contribution in [3.8, 4) is 0 Å². The van der Waals surface area contributed by atoms with Crippen molar-refractivity contribution < 1.29 is 9.53 Å². The quantitative estimate of drug-likeness (QED) is 0.594. The minimum Gasteiger partial charge on any atom is -0.444 e. The number of carbonyl (C=O) groups is 1. The number of carbonyl (C=O) groups excluding carboxylic acids is 1. The number of hydrogen-bond acceptors (Lipinski definition) is 4. The van der Waals surface area contributed by atoms with Crippen molar-refractivity contribution in [3.05, 3.63) is 0 Å². The molecule has 0 heterocycles. The van der Waals surface area contributed by atoms with Gasteiger partial charge in [-0.1, -0.05) is 6.42 Å². The van der Waals surface area contributed by atoms with Crippen molar-refractivity contribution in [1.82, 2.24) is 5.32 Å². The van der Waals surface area contributed by atoms with Crippen molar-refractivity contribution in [2.24, 2.45) is 11.5 Å². The molecule has 0 bridgehead atoms. The minimum absolute atomic E-state index is 0.0709. The molecule has 0 spiro atoms. The predicted octanol–water partition coefficient (Wildman–Crippen LogP) is 0.967. The van der Waals surface area contributed by atoms with Crippen molar-refractivity contribution in [2.45, 2.75) is 51.7 Å². The van der Waals surface area contributed by atoms with Gasteiger partial charge in [0.1, 0.15) is 5.60 Å². The fraction of sp³-hybridized carbons (Fsp3) is 0.909. The molecular weight excluding hydrogens is 206 g/mol. The molecule has 0 radical (unpaired) electrons. The molecule has 0 aliphatic heterocycles. The molecule has 1 amide bonds. The van der Waals surface area contributed by atoms with Crippen molar-refractivity contribution in [1.29, 1.82) is 0 Å². The molecule has 0 saturated heterocycles. The third kappa shape index (κ3) is 9.73. The van der Waals surface area contributed by atoms with Gasteiger partial charge in [0, 0.05) is 19.1 Å². The third-order valence-corrected chi connectivity index (χ3v) is 1.97. The van der Waals surface area contributed by atoms with Crippen LogP contribution in [-0.2, 0) is 4.74 Å². The van der Waals surface area contributed by atoms with Crippen LogP contribution >= 0.6 is 0 Å². The predicted molar refractivity (Wildman–Crippen MR) is 65.1 cm³/mol. The first-order chi connectivity index (χ1) is 7.35. The number of amides is 1. The molecule has 1 unspecified atom stereocenters. The van der Waals surface area contributed by atoms with E-state index in [-0.39, 0.29) is 12.1 Å². The summed E-state index contributed by atoms with van der Waals surface area (Å²) in [6.45, 7) is 6.65. The maximum atomic E-state index is 11.2. The molecule has 5 N–H and O–H groups in total. The molecule has 0 rings (SSSR count). The molecule has 16 heavy (non-hydrogen) atoms. The molecular formula is C11H25N3O2. The van der Waals surface area contributed by atoms with E-state index in [1.807, 2.05) is 20.8 Å². The number of hydrogen-bond donors (Lipinski definition) is 3. The van der Waals surface area contributed by atoms with Gasteiger partial charge < -0.3 is 21.5 Å². The van der Waals surface area contributed by atoms with Crippen LogP contribution < -0.4 is 16.8 Å². The second kappa shape index (κ2) is 7.46. The summed E-state index contributed by atoms with van der Waals surface area (Å²) < 4.78 is 5.09. The first-order valence-electron chi connectivity index (χ1n) is 5.77. The van der Waals surface area contributed by atoms with Crippen LogP contribution in [0.5, 0.6) is 0 Å². The van der Waals surface area contributed by atoms with Gasteiger partial charge in [-0.05, 0) is 33.6 Å². The maximum Gasteiger partial charge on any atom is 0.407 e. The zero-order valence-electron chi connectivity index (χ0n) is 10.6. The second-order valence-electron chi connectivity index (χ2n) is 4.92. The highest BCUT2D eigenvalue weighted by Gasteiger charge is 2.15. The Morgan fingerprint density at radius 1 is 1.38 bits per heavy atom. The van der Waals surface area contributed by atoms with Crippen LogP contribution in [0.25, 0.3) is 0 Å². The van der Waals surface area contributed by atoms with Gasteiger partial charge >= 0.3 is 6.09 Å². The summed E-state index contributed by atoms with van der Waals surface area (Å²) in [6.07, 6.45) is 2.39. The smallest absolute Gasteiger partial charge is 0.407 e. The van der Waals surface area contributed by atoms with Crippen LogP contribution in [0.3, 0.4) is 0 Å². The Bertz CT molecular complexity index is 202. The standard InChI is InChI=1S/C11H25N3O2/c1-11(2,3)16-10(15)14-7-5-4-6-9(13)8-12/h9H,4-8,12-13H2,1-3H3,(H,14,15). The van der Waals surface area contributed by atoms with E-state index in [1.54, 1.807) is 0 Å².